The second-order valence-corrected chi connectivity index (χ2v) is 6.16. The molecular formula is C15H22N8O. The van der Waals surface area contributed by atoms with Crippen LogP contribution in [-0.4, -0.2) is 60.2 Å². The van der Waals surface area contributed by atoms with Gasteiger partial charge >= 0.3 is 0 Å². The van der Waals surface area contributed by atoms with Gasteiger partial charge in [0.25, 0.3) is 0 Å². The first kappa shape index (κ1) is 16.4. The minimum Gasteiger partial charge on any atom is -0.385 e. The van der Waals surface area contributed by atoms with Crippen molar-refractivity contribution in [3.05, 3.63) is 24.3 Å². The molecule has 0 amide bonds. The summed E-state index contributed by atoms with van der Waals surface area (Å²) in [6, 6.07) is 0.365. The number of aliphatic hydroxyl groups is 1. The molecule has 0 spiro atoms. The van der Waals surface area contributed by atoms with Crippen molar-refractivity contribution in [3.8, 4) is 0 Å². The van der Waals surface area contributed by atoms with E-state index in [0.717, 1.165) is 13.1 Å². The Morgan fingerprint density at radius 3 is 2.25 bits per heavy atom. The Labute approximate surface area is 140 Å². The maximum absolute atomic E-state index is 9.67. The van der Waals surface area contributed by atoms with Crippen molar-refractivity contribution >= 4 is 11.9 Å². The van der Waals surface area contributed by atoms with Gasteiger partial charge in [0.15, 0.2) is 5.82 Å². The lowest BCUT2D eigenvalue weighted by Crippen LogP contribution is -2.58. The predicted octanol–water partition coefficient (Wildman–Crippen LogP) is 0.522. The van der Waals surface area contributed by atoms with Crippen LogP contribution in [-0.2, 0) is 0 Å². The van der Waals surface area contributed by atoms with E-state index in [1.165, 1.54) is 6.33 Å². The van der Waals surface area contributed by atoms with Crippen molar-refractivity contribution in [2.45, 2.75) is 45.9 Å². The van der Waals surface area contributed by atoms with E-state index in [1.807, 2.05) is 6.92 Å². The molecule has 1 N–H and O–H groups in total. The number of aromatic nitrogens is 6. The van der Waals surface area contributed by atoms with Crippen LogP contribution in [0, 0.1) is 6.92 Å². The highest BCUT2D eigenvalue weighted by Crippen LogP contribution is 2.23. The van der Waals surface area contributed by atoms with Gasteiger partial charge in [-0.1, -0.05) is 0 Å². The monoisotopic (exact) mass is 330 g/mol. The number of aliphatic hydroxyl groups excluding tert-OH is 1. The van der Waals surface area contributed by atoms with Crippen LogP contribution in [0.2, 0.25) is 0 Å². The second-order valence-electron chi connectivity index (χ2n) is 6.16. The van der Waals surface area contributed by atoms with Crippen molar-refractivity contribution in [1.82, 2.24) is 29.9 Å². The van der Waals surface area contributed by atoms with Crippen LogP contribution in [0.1, 0.15) is 38.5 Å². The first-order valence-corrected chi connectivity index (χ1v) is 8.01. The lowest BCUT2D eigenvalue weighted by atomic mass is 10.1. The van der Waals surface area contributed by atoms with Crippen LogP contribution < -0.4 is 9.80 Å². The number of aryl methyl sites for hydroxylation is 1. The molecule has 9 nitrogen and oxygen atoms in total. The molecule has 0 aliphatic carbocycles. The van der Waals surface area contributed by atoms with Gasteiger partial charge in [0.05, 0.1) is 0 Å². The molecule has 24 heavy (non-hydrogen) atoms. The molecule has 3 rings (SSSR count). The molecule has 2 aromatic heterocycles. The van der Waals surface area contributed by atoms with Crippen LogP contribution in [0.3, 0.4) is 0 Å². The van der Waals surface area contributed by atoms with Gasteiger partial charge in [0.1, 0.15) is 24.6 Å². The summed E-state index contributed by atoms with van der Waals surface area (Å²) in [6.07, 6.45) is 2.28. The minimum absolute atomic E-state index is 0.183. The van der Waals surface area contributed by atoms with Gasteiger partial charge in [-0.3, -0.25) is 0 Å². The average Bonchev–Trinajstić information content (AvgIpc) is 2.54. The summed E-state index contributed by atoms with van der Waals surface area (Å²) in [4.78, 5) is 29.8. The zero-order valence-electron chi connectivity index (χ0n) is 14.3. The van der Waals surface area contributed by atoms with Crippen molar-refractivity contribution in [1.29, 1.82) is 0 Å². The van der Waals surface area contributed by atoms with Crippen molar-refractivity contribution in [2.75, 3.05) is 22.9 Å². The number of piperazine rings is 1. The van der Waals surface area contributed by atoms with Gasteiger partial charge in [-0.05, 0) is 27.7 Å². The highest BCUT2D eigenvalue weighted by atomic mass is 16.3. The summed E-state index contributed by atoms with van der Waals surface area (Å²) in [5.74, 6) is 2.38. The smallest absolute Gasteiger partial charge is 0.229 e. The van der Waals surface area contributed by atoms with Crippen LogP contribution in [0.15, 0.2) is 12.7 Å². The van der Waals surface area contributed by atoms with Crippen molar-refractivity contribution in [2.24, 2.45) is 0 Å². The summed E-state index contributed by atoms with van der Waals surface area (Å²) in [5, 5.41) is 9.67. The molecule has 0 bridgehead atoms. The Morgan fingerprint density at radius 2 is 1.62 bits per heavy atom. The molecule has 0 radical (unpaired) electrons. The molecule has 9 heteroatoms. The summed E-state index contributed by atoms with van der Waals surface area (Å²) in [6.45, 7) is 9.22. The van der Waals surface area contributed by atoms with Crippen molar-refractivity contribution < 1.29 is 5.11 Å². The quantitative estimate of drug-likeness (QED) is 0.862. The lowest BCUT2D eigenvalue weighted by molar-refractivity contribution is 0.188. The number of nitrogens with zero attached hydrogens (tertiary/aromatic N) is 8. The Morgan fingerprint density at radius 1 is 1.00 bits per heavy atom. The zero-order chi connectivity index (χ0) is 17.3. The largest absolute Gasteiger partial charge is 0.385 e. The topological polar surface area (TPSA) is 104 Å². The Balaban J connectivity index is 1.81. The first-order chi connectivity index (χ1) is 11.5. The lowest BCUT2D eigenvalue weighted by Gasteiger charge is -2.44. The fraction of sp³-hybridized carbons (Fsp3) is 0.600. The number of hydrogen-bond acceptors (Lipinski definition) is 9. The van der Waals surface area contributed by atoms with E-state index < -0.39 is 6.10 Å². The maximum Gasteiger partial charge on any atom is 0.229 e. The molecule has 1 aliphatic rings. The van der Waals surface area contributed by atoms with E-state index in [0.29, 0.717) is 23.5 Å². The summed E-state index contributed by atoms with van der Waals surface area (Å²) < 4.78 is 0. The van der Waals surface area contributed by atoms with E-state index in [1.54, 1.807) is 13.3 Å². The molecule has 1 fully saturated rings. The molecule has 0 saturated carbocycles. The minimum atomic E-state index is -0.712. The van der Waals surface area contributed by atoms with Crippen LogP contribution in [0.5, 0.6) is 0 Å². The third-order valence-electron chi connectivity index (χ3n) is 4.06. The van der Waals surface area contributed by atoms with Gasteiger partial charge in [-0.15, -0.1) is 0 Å². The van der Waals surface area contributed by atoms with Gasteiger partial charge in [0, 0.05) is 25.2 Å². The maximum atomic E-state index is 9.67. The Hall–Kier alpha value is -2.42. The normalized spacial score (nSPS) is 22.5. The fourth-order valence-corrected chi connectivity index (χ4v) is 3.02. The SMILES string of the molecule is Cc1ncnc(N2[C@H](C)CN(c3ncnc([C@@H](C)O)n3)C[C@@H]2C)n1. The van der Waals surface area contributed by atoms with Gasteiger partial charge in [-0.2, -0.15) is 9.97 Å². The molecule has 3 heterocycles. The van der Waals surface area contributed by atoms with Crippen LogP contribution in [0.25, 0.3) is 0 Å². The zero-order valence-corrected chi connectivity index (χ0v) is 14.3. The molecule has 3 atom stereocenters. The molecule has 128 valence electrons. The van der Waals surface area contributed by atoms with Crippen LogP contribution in [0.4, 0.5) is 11.9 Å². The Kier molecular flexibility index (Phi) is 4.52. The molecule has 2 aromatic rings. The van der Waals surface area contributed by atoms with E-state index >= 15 is 0 Å². The number of rotatable bonds is 3. The van der Waals surface area contributed by atoms with E-state index in [9.17, 15) is 5.11 Å². The van der Waals surface area contributed by atoms with Gasteiger partial charge < -0.3 is 14.9 Å². The van der Waals surface area contributed by atoms with Gasteiger partial charge in [-0.25, -0.2) is 19.9 Å². The summed E-state index contributed by atoms with van der Waals surface area (Å²) >= 11 is 0. The molecule has 0 unspecified atom stereocenters. The number of anilines is 2. The fourth-order valence-electron chi connectivity index (χ4n) is 3.02. The molecule has 1 saturated heterocycles. The third kappa shape index (κ3) is 3.25. The molecular weight excluding hydrogens is 308 g/mol. The highest BCUT2D eigenvalue weighted by Gasteiger charge is 2.32. The average molecular weight is 330 g/mol. The molecule has 1 aliphatic heterocycles. The Bertz CT molecular complexity index is 697. The van der Waals surface area contributed by atoms with E-state index in [4.69, 9.17) is 0 Å². The highest BCUT2D eigenvalue weighted by molar-refractivity contribution is 5.40. The summed E-state index contributed by atoms with van der Waals surface area (Å²) in [5.41, 5.74) is 0. The van der Waals surface area contributed by atoms with Crippen molar-refractivity contribution in [3.63, 3.8) is 0 Å². The van der Waals surface area contributed by atoms with Gasteiger partial charge in [0.2, 0.25) is 11.9 Å². The number of hydrogen-bond donors (Lipinski definition) is 1. The second kappa shape index (κ2) is 6.60. The van der Waals surface area contributed by atoms with Crippen LogP contribution >= 0.6 is 0 Å². The predicted molar refractivity (Wildman–Crippen MR) is 88.6 cm³/mol. The van der Waals surface area contributed by atoms with E-state index in [2.05, 4.69) is 53.6 Å². The molecule has 0 aromatic carbocycles. The standard InChI is InChI=1S/C15H22N8O/c1-9-5-22(14-18-8-17-13(21-14)11(3)24)6-10(2)23(9)15-19-7-16-12(4)20-15/h7-11,24H,5-6H2,1-4H3/t9-,10+,11-/m1/s1. The van der Waals surface area contributed by atoms with E-state index in [-0.39, 0.29) is 12.1 Å². The first-order valence-electron chi connectivity index (χ1n) is 8.01. The third-order valence-corrected chi connectivity index (χ3v) is 4.06. The summed E-state index contributed by atoms with van der Waals surface area (Å²) in [7, 11) is 0.